The van der Waals surface area contributed by atoms with Crippen molar-refractivity contribution in [2.75, 3.05) is 13.7 Å². The van der Waals surface area contributed by atoms with Crippen molar-refractivity contribution in [2.45, 2.75) is 26.3 Å². The molecule has 2 aromatic rings. The largest absolute Gasteiger partial charge is 0.467 e. The van der Waals surface area contributed by atoms with Crippen LogP contribution in [0.4, 0.5) is 0 Å². The van der Waals surface area contributed by atoms with Crippen LogP contribution in [0.1, 0.15) is 30.6 Å². The zero-order chi connectivity index (χ0) is 19.1. The predicted octanol–water partition coefficient (Wildman–Crippen LogP) is 2.10. The number of benzene rings is 1. The van der Waals surface area contributed by atoms with Crippen LogP contribution in [0.25, 0.3) is 10.9 Å². The number of methoxy groups -OCH3 is 1. The number of carbonyl (C=O) groups is 3. The first-order chi connectivity index (χ1) is 12.4. The van der Waals surface area contributed by atoms with Gasteiger partial charge in [-0.3, -0.25) is 9.78 Å². The van der Waals surface area contributed by atoms with E-state index < -0.39 is 30.5 Å². The lowest BCUT2D eigenvalue weighted by molar-refractivity contribution is -0.145. The summed E-state index contributed by atoms with van der Waals surface area (Å²) in [7, 11) is 1.26. The number of aromatic nitrogens is 1. The number of para-hydroxylation sites is 1. The third-order valence-corrected chi connectivity index (χ3v) is 3.72. The van der Waals surface area contributed by atoms with Crippen molar-refractivity contribution >= 4 is 28.7 Å². The van der Waals surface area contributed by atoms with Gasteiger partial charge in [-0.15, -0.1) is 0 Å². The minimum Gasteiger partial charge on any atom is -0.467 e. The topological polar surface area (TPSA) is 94.6 Å². The number of fused-ring (bicyclic) bond motifs is 1. The van der Waals surface area contributed by atoms with Gasteiger partial charge in [0.15, 0.2) is 6.61 Å². The Kier molecular flexibility index (Phi) is 6.66. The number of rotatable bonds is 7. The molecule has 1 N–H and O–H groups in total. The third-order valence-electron chi connectivity index (χ3n) is 3.72. The van der Waals surface area contributed by atoms with Gasteiger partial charge in [0.25, 0.3) is 5.91 Å². The number of esters is 2. The van der Waals surface area contributed by atoms with Crippen LogP contribution in [-0.2, 0) is 19.1 Å². The van der Waals surface area contributed by atoms with Crippen LogP contribution < -0.4 is 5.32 Å². The molecule has 26 heavy (non-hydrogen) atoms. The second kappa shape index (κ2) is 8.94. The maximum Gasteiger partial charge on any atom is 0.340 e. The molecule has 2 rings (SSSR count). The molecular weight excluding hydrogens is 336 g/mol. The van der Waals surface area contributed by atoms with Crippen LogP contribution >= 0.6 is 0 Å². The normalized spacial score (nSPS) is 11.8. The number of pyridine rings is 1. The van der Waals surface area contributed by atoms with E-state index in [4.69, 9.17) is 4.74 Å². The molecule has 1 aromatic heterocycles. The van der Waals surface area contributed by atoms with Crippen LogP contribution in [-0.4, -0.2) is 42.6 Å². The summed E-state index contributed by atoms with van der Waals surface area (Å²) in [4.78, 5) is 40.2. The fourth-order valence-electron chi connectivity index (χ4n) is 2.54. The van der Waals surface area contributed by atoms with Gasteiger partial charge in [0, 0.05) is 11.6 Å². The Hall–Kier alpha value is -2.96. The SMILES string of the molecule is COC(=O)[C@@H](CC(C)C)NC(=O)COC(=O)c1cccc2cccnc12. The standard InChI is InChI=1S/C19H22N2O5/c1-12(2)10-15(19(24)25-3)21-16(22)11-26-18(23)14-8-4-6-13-7-5-9-20-17(13)14/h4-9,12,15H,10-11H2,1-3H3,(H,21,22)/t15-/m1/s1. The van der Waals surface area contributed by atoms with E-state index in [2.05, 4.69) is 15.0 Å². The van der Waals surface area contributed by atoms with E-state index in [-0.39, 0.29) is 11.5 Å². The van der Waals surface area contributed by atoms with E-state index in [0.29, 0.717) is 11.9 Å². The van der Waals surface area contributed by atoms with Gasteiger partial charge in [-0.25, -0.2) is 9.59 Å². The zero-order valence-electron chi connectivity index (χ0n) is 15.0. The first-order valence-corrected chi connectivity index (χ1v) is 8.30. The molecule has 0 spiro atoms. The lowest BCUT2D eigenvalue weighted by atomic mass is 10.0. The summed E-state index contributed by atoms with van der Waals surface area (Å²) < 4.78 is 9.76. The quantitative estimate of drug-likeness (QED) is 0.762. The van der Waals surface area contributed by atoms with E-state index in [1.165, 1.54) is 7.11 Å². The predicted molar refractivity (Wildman–Crippen MR) is 95.4 cm³/mol. The molecule has 0 fully saturated rings. The van der Waals surface area contributed by atoms with Crippen LogP contribution in [0.3, 0.4) is 0 Å². The highest BCUT2D eigenvalue weighted by Gasteiger charge is 2.23. The molecule has 0 bridgehead atoms. The number of nitrogens with zero attached hydrogens (tertiary/aromatic N) is 1. The number of hydrogen-bond donors (Lipinski definition) is 1. The molecule has 1 heterocycles. The van der Waals surface area contributed by atoms with E-state index in [0.717, 1.165) is 5.39 Å². The fourth-order valence-corrected chi connectivity index (χ4v) is 2.54. The maximum absolute atomic E-state index is 12.3. The average Bonchev–Trinajstić information content (AvgIpc) is 2.64. The van der Waals surface area contributed by atoms with Gasteiger partial charge in [0.2, 0.25) is 0 Å². The van der Waals surface area contributed by atoms with Crippen LogP contribution in [0.2, 0.25) is 0 Å². The van der Waals surface area contributed by atoms with Crippen molar-refractivity contribution in [3.05, 3.63) is 42.1 Å². The van der Waals surface area contributed by atoms with Crippen molar-refractivity contribution in [1.29, 1.82) is 0 Å². The molecule has 0 saturated carbocycles. The third kappa shape index (κ3) is 5.02. The summed E-state index contributed by atoms with van der Waals surface area (Å²) in [5, 5.41) is 3.34. The zero-order valence-corrected chi connectivity index (χ0v) is 15.0. The summed E-state index contributed by atoms with van der Waals surface area (Å²) in [6.07, 6.45) is 2.01. The number of ether oxygens (including phenoxy) is 2. The molecule has 0 aliphatic carbocycles. The molecule has 138 valence electrons. The fraction of sp³-hybridized carbons (Fsp3) is 0.368. The molecule has 7 heteroatoms. The Morgan fingerprint density at radius 1 is 1.15 bits per heavy atom. The molecule has 0 aliphatic heterocycles. The lowest BCUT2D eigenvalue weighted by Gasteiger charge is -2.18. The molecule has 7 nitrogen and oxygen atoms in total. The van der Waals surface area contributed by atoms with Crippen molar-refractivity contribution in [1.82, 2.24) is 10.3 Å². The first-order valence-electron chi connectivity index (χ1n) is 8.30. The van der Waals surface area contributed by atoms with E-state index in [9.17, 15) is 14.4 Å². The second-order valence-corrected chi connectivity index (χ2v) is 6.23. The summed E-state index contributed by atoms with van der Waals surface area (Å²) in [6, 6.07) is 7.97. The highest BCUT2D eigenvalue weighted by atomic mass is 16.5. The van der Waals surface area contributed by atoms with Crippen molar-refractivity contribution in [3.63, 3.8) is 0 Å². The van der Waals surface area contributed by atoms with Crippen LogP contribution in [0.5, 0.6) is 0 Å². The van der Waals surface area contributed by atoms with Gasteiger partial charge >= 0.3 is 11.9 Å². The molecular formula is C19H22N2O5. The summed E-state index contributed by atoms with van der Waals surface area (Å²) in [5.41, 5.74) is 0.787. The Labute approximate surface area is 151 Å². The Morgan fingerprint density at radius 3 is 2.58 bits per heavy atom. The molecule has 0 aliphatic rings. The van der Waals surface area contributed by atoms with Crippen LogP contribution in [0, 0.1) is 5.92 Å². The number of nitrogens with one attached hydrogen (secondary N) is 1. The Balaban J connectivity index is 1.99. The van der Waals surface area contributed by atoms with E-state index in [1.54, 1.807) is 24.4 Å². The minimum absolute atomic E-state index is 0.184. The van der Waals surface area contributed by atoms with Crippen LogP contribution in [0.15, 0.2) is 36.5 Å². The maximum atomic E-state index is 12.3. The van der Waals surface area contributed by atoms with Gasteiger partial charge in [0.1, 0.15) is 6.04 Å². The van der Waals surface area contributed by atoms with Gasteiger partial charge in [-0.05, 0) is 24.5 Å². The molecule has 1 aromatic carbocycles. The van der Waals surface area contributed by atoms with Crippen molar-refractivity contribution in [2.24, 2.45) is 5.92 Å². The van der Waals surface area contributed by atoms with Gasteiger partial charge < -0.3 is 14.8 Å². The Morgan fingerprint density at radius 2 is 1.88 bits per heavy atom. The first kappa shape index (κ1) is 19.4. The smallest absolute Gasteiger partial charge is 0.340 e. The number of carbonyl (C=O) groups excluding carboxylic acids is 3. The van der Waals surface area contributed by atoms with E-state index >= 15 is 0 Å². The monoisotopic (exact) mass is 358 g/mol. The second-order valence-electron chi connectivity index (χ2n) is 6.23. The minimum atomic E-state index is -0.773. The number of amides is 1. The number of hydrogen-bond acceptors (Lipinski definition) is 6. The molecule has 1 amide bonds. The Bertz CT molecular complexity index is 798. The molecule has 0 unspecified atom stereocenters. The van der Waals surface area contributed by atoms with Gasteiger partial charge in [-0.2, -0.15) is 0 Å². The average molecular weight is 358 g/mol. The summed E-state index contributed by atoms with van der Waals surface area (Å²) in [6.45, 7) is 3.36. The highest BCUT2D eigenvalue weighted by molar-refractivity contribution is 6.03. The summed E-state index contributed by atoms with van der Waals surface area (Å²) in [5.74, 6) is -1.56. The van der Waals surface area contributed by atoms with Crippen molar-refractivity contribution < 1.29 is 23.9 Å². The molecule has 0 radical (unpaired) electrons. The van der Waals surface area contributed by atoms with Gasteiger partial charge in [-0.1, -0.05) is 32.0 Å². The van der Waals surface area contributed by atoms with Crippen molar-refractivity contribution in [3.8, 4) is 0 Å². The summed E-state index contributed by atoms with van der Waals surface area (Å²) >= 11 is 0. The molecule has 1 atom stereocenters. The van der Waals surface area contributed by atoms with Gasteiger partial charge in [0.05, 0.1) is 18.2 Å². The van der Waals surface area contributed by atoms with E-state index in [1.807, 2.05) is 26.0 Å². The lowest BCUT2D eigenvalue weighted by Crippen LogP contribution is -2.44. The molecule has 0 saturated heterocycles. The highest BCUT2D eigenvalue weighted by Crippen LogP contribution is 2.16.